The van der Waals surface area contributed by atoms with E-state index >= 15 is 0 Å². The van der Waals surface area contributed by atoms with Crippen molar-refractivity contribution >= 4 is 38.9 Å². The van der Waals surface area contributed by atoms with E-state index in [4.69, 9.17) is 21.1 Å². The van der Waals surface area contributed by atoms with Gasteiger partial charge in [0.25, 0.3) is 0 Å². The van der Waals surface area contributed by atoms with Crippen LogP contribution in [0.15, 0.2) is 36.4 Å². The molecule has 0 bridgehead atoms. The SMILES string of the molecule is CCC(C(=O)Nc1cc(OC)ccc1OC)N(c1cc(Cl)ccc1C)S(C)(=O)=O. The first-order chi connectivity index (χ1) is 13.6. The molecule has 2 aromatic rings. The van der Waals surface area contributed by atoms with E-state index in [1.54, 1.807) is 50.2 Å². The minimum Gasteiger partial charge on any atom is -0.497 e. The highest BCUT2D eigenvalue weighted by Crippen LogP contribution is 2.32. The molecular formula is C20H25ClN2O5S. The Kier molecular flexibility index (Phi) is 7.37. The van der Waals surface area contributed by atoms with E-state index in [1.165, 1.54) is 14.2 Å². The highest BCUT2D eigenvalue weighted by molar-refractivity contribution is 7.92. The lowest BCUT2D eigenvalue weighted by atomic mass is 10.1. The first-order valence-electron chi connectivity index (χ1n) is 8.90. The van der Waals surface area contributed by atoms with Crippen LogP contribution in [0.25, 0.3) is 0 Å². The number of nitrogens with one attached hydrogen (secondary N) is 1. The maximum absolute atomic E-state index is 13.1. The smallest absolute Gasteiger partial charge is 0.248 e. The van der Waals surface area contributed by atoms with E-state index in [-0.39, 0.29) is 6.42 Å². The summed E-state index contributed by atoms with van der Waals surface area (Å²) in [5, 5.41) is 3.14. The fraction of sp³-hybridized carbons (Fsp3) is 0.350. The van der Waals surface area contributed by atoms with Crippen LogP contribution in [0.1, 0.15) is 18.9 Å². The number of hydrogen-bond donors (Lipinski definition) is 1. The Morgan fingerprint density at radius 3 is 2.41 bits per heavy atom. The van der Waals surface area contributed by atoms with Gasteiger partial charge in [0.1, 0.15) is 17.5 Å². The van der Waals surface area contributed by atoms with Crippen molar-refractivity contribution in [3.05, 3.63) is 47.0 Å². The Hall–Kier alpha value is -2.45. The summed E-state index contributed by atoms with van der Waals surface area (Å²) in [6.45, 7) is 3.50. The molecule has 158 valence electrons. The lowest BCUT2D eigenvalue weighted by molar-refractivity contribution is -0.117. The number of halogens is 1. The topological polar surface area (TPSA) is 84.9 Å². The zero-order chi connectivity index (χ0) is 21.8. The van der Waals surface area contributed by atoms with Crippen molar-refractivity contribution in [1.29, 1.82) is 0 Å². The number of aryl methyl sites for hydroxylation is 1. The monoisotopic (exact) mass is 440 g/mol. The van der Waals surface area contributed by atoms with Crippen molar-refractivity contribution in [2.24, 2.45) is 0 Å². The summed E-state index contributed by atoms with van der Waals surface area (Å²) >= 11 is 6.09. The van der Waals surface area contributed by atoms with Crippen molar-refractivity contribution in [2.75, 3.05) is 30.1 Å². The summed E-state index contributed by atoms with van der Waals surface area (Å²) in [7, 11) is -0.788. The lowest BCUT2D eigenvalue weighted by Crippen LogP contribution is -2.47. The van der Waals surface area contributed by atoms with E-state index in [0.29, 0.717) is 33.5 Å². The summed E-state index contributed by atoms with van der Waals surface area (Å²) in [5.74, 6) is 0.461. The van der Waals surface area contributed by atoms with Crippen LogP contribution in [0.4, 0.5) is 11.4 Å². The first-order valence-corrected chi connectivity index (χ1v) is 11.1. The molecule has 29 heavy (non-hydrogen) atoms. The number of benzene rings is 2. The van der Waals surface area contributed by atoms with Crippen LogP contribution in [0.2, 0.25) is 5.02 Å². The summed E-state index contributed by atoms with van der Waals surface area (Å²) < 4.78 is 36.9. The Morgan fingerprint density at radius 1 is 1.17 bits per heavy atom. The minimum absolute atomic E-state index is 0.247. The van der Waals surface area contributed by atoms with Crippen LogP contribution in [-0.2, 0) is 14.8 Å². The third kappa shape index (κ3) is 5.33. The van der Waals surface area contributed by atoms with Crippen molar-refractivity contribution in [1.82, 2.24) is 0 Å². The van der Waals surface area contributed by atoms with Gasteiger partial charge in [0.05, 0.1) is 31.9 Å². The van der Waals surface area contributed by atoms with E-state index < -0.39 is 22.0 Å². The van der Waals surface area contributed by atoms with Crippen molar-refractivity contribution in [3.8, 4) is 11.5 Å². The molecule has 1 N–H and O–H groups in total. The van der Waals surface area contributed by atoms with Gasteiger partial charge in [-0.3, -0.25) is 9.10 Å². The molecule has 2 aromatic carbocycles. The highest BCUT2D eigenvalue weighted by atomic mass is 35.5. The molecule has 7 nitrogen and oxygen atoms in total. The third-order valence-corrected chi connectivity index (χ3v) is 5.80. The summed E-state index contributed by atoms with van der Waals surface area (Å²) in [6, 6.07) is 8.90. The van der Waals surface area contributed by atoms with Crippen LogP contribution in [0, 0.1) is 6.92 Å². The number of amides is 1. The number of anilines is 2. The quantitative estimate of drug-likeness (QED) is 0.673. The number of methoxy groups -OCH3 is 2. The number of carbonyl (C=O) groups is 1. The molecule has 1 unspecified atom stereocenters. The van der Waals surface area contributed by atoms with E-state index in [2.05, 4.69) is 5.32 Å². The van der Waals surface area contributed by atoms with Gasteiger partial charge in [-0.25, -0.2) is 8.42 Å². The van der Waals surface area contributed by atoms with Crippen molar-refractivity contribution in [3.63, 3.8) is 0 Å². The molecule has 0 saturated heterocycles. The molecule has 0 fully saturated rings. The van der Waals surface area contributed by atoms with E-state index in [0.717, 1.165) is 10.6 Å². The highest BCUT2D eigenvalue weighted by Gasteiger charge is 2.33. The Balaban J connectivity index is 2.48. The predicted molar refractivity (Wildman–Crippen MR) is 116 cm³/mol. The molecule has 0 aliphatic rings. The summed E-state index contributed by atoms with van der Waals surface area (Å²) in [4.78, 5) is 13.1. The largest absolute Gasteiger partial charge is 0.497 e. The zero-order valence-electron chi connectivity index (χ0n) is 17.0. The lowest BCUT2D eigenvalue weighted by Gasteiger charge is -2.31. The average Bonchev–Trinajstić information content (AvgIpc) is 2.66. The van der Waals surface area contributed by atoms with Crippen molar-refractivity contribution in [2.45, 2.75) is 26.3 Å². The van der Waals surface area contributed by atoms with Crippen LogP contribution in [0.5, 0.6) is 11.5 Å². The van der Waals surface area contributed by atoms with Gasteiger partial charge in [-0.15, -0.1) is 0 Å². The molecule has 0 spiro atoms. The van der Waals surface area contributed by atoms with Gasteiger partial charge in [0.2, 0.25) is 15.9 Å². The average molecular weight is 441 g/mol. The van der Waals surface area contributed by atoms with Crippen LogP contribution in [-0.4, -0.2) is 40.8 Å². The van der Waals surface area contributed by atoms with Crippen molar-refractivity contribution < 1.29 is 22.7 Å². The minimum atomic E-state index is -3.78. The molecule has 0 saturated carbocycles. The molecule has 1 atom stereocenters. The molecule has 0 radical (unpaired) electrons. The number of sulfonamides is 1. The number of rotatable bonds is 8. The molecule has 0 aromatic heterocycles. The Labute approximate surface area is 176 Å². The Morgan fingerprint density at radius 2 is 1.86 bits per heavy atom. The molecule has 0 aliphatic carbocycles. The second kappa shape index (κ2) is 9.37. The maximum Gasteiger partial charge on any atom is 0.248 e. The van der Waals surface area contributed by atoms with Crippen LogP contribution >= 0.6 is 11.6 Å². The number of nitrogens with zero attached hydrogens (tertiary/aromatic N) is 1. The van der Waals surface area contributed by atoms with Gasteiger partial charge in [0.15, 0.2) is 0 Å². The normalized spacial score (nSPS) is 12.2. The molecule has 0 heterocycles. The summed E-state index contributed by atoms with van der Waals surface area (Å²) in [6.07, 6.45) is 1.31. The molecule has 1 amide bonds. The predicted octanol–water partition coefficient (Wildman–Crippen LogP) is 3.85. The zero-order valence-corrected chi connectivity index (χ0v) is 18.6. The van der Waals surface area contributed by atoms with Gasteiger partial charge < -0.3 is 14.8 Å². The molecule has 9 heteroatoms. The number of ether oxygens (including phenoxy) is 2. The second-order valence-electron chi connectivity index (χ2n) is 6.47. The Bertz CT molecular complexity index is 994. The fourth-order valence-electron chi connectivity index (χ4n) is 2.98. The van der Waals surface area contributed by atoms with E-state index in [9.17, 15) is 13.2 Å². The maximum atomic E-state index is 13.1. The third-order valence-electron chi connectivity index (χ3n) is 4.40. The van der Waals surface area contributed by atoms with Crippen LogP contribution in [0.3, 0.4) is 0 Å². The fourth-order valence-corrected chi connectivity index (χ4v) is 4.41. The first kappa shape index (κ1) is 22.8. The second-order valence-corrected chi connectivity index (χ2v) is 8.77. The number of carbonyl (C=O) groups excluding carboxylic acids is 1. The molecular weight excluding hydrogens is 416 g/mol. The standard InChI is InChI=1S/C20H25ClN2O5S/c1-6-17(20(24)22-16-12-15(27-3)9-10-19(16)28-4)23(29(5,25)26)18-11-14(21)8-7-13(18)2/h7-12,17H,6H2,1-5H3,(H,22,24). The van der Waals surface area contributed by atoms with Gasteiger partial charge in [-0.05, 0) is 43.2 Å². The summed E-state index contributed by atoms with van der Waals surface area (Å²) in [5.41, 5.74) is 1.43. The molecule has 0 aliphatic heterocycles. The van der Waals surface area contributed by atoms with Gasteiger partial charge in [0, 0.05) is 11.1 Å². The van der Waals surface area contributed by atoms with Crippen LogP contribution < -0.4 is 19.1 Å². The molecule has 2 rings (SSSR count). The van der Waals surface area contributed by atoms with Gasteiger partial charge in [-0.2, -0.15) is 0 Å². The van der Waals surface area contributed by atoms with Gasteiger partial charge in [-0.1, -0.05) is 24.6 Å². The van der Waals surface area contributed by atoms with E-state index in [1.807, 2.05) is 0 Å². The number of hydrogen-bond acceptors (Lipinski definition) is 5. The van der Waals surface area contributed by atoms with Gasteiger partial charge >= 0.3 is 0 Å².